The van der Waals surface area contributed by atoms with Gasteiger partial charge in [-0.15, -0.1) is 0 Å². The Kier molecular flexibility index (Phi) is 5.30. The third-order valence-corrected chi connectivity index (χ3v) is 10.0. The molecular weight excluding hydrogens is 414 g/mol. The van der Waals surface area contributed by atoms with Gasteiger partial charge in [0.25, 0.3) is 0 Å². The Labute approximate surface area is 189 Å². The lowest BCUT2D eigenvalue weighted by Crippen LogP contribution is -2.76. The number of rotatable bonds is 5. The summed E-state index contributed by atoms with van der Waals surface area (Å²) in [6, 6.07) is -0.548. The molecule has 1 N–H and O–H groups in total. The van der Waals surface area contributed by atoms with Crippen LogP contribution in [0.3, 0.4) is 0 Å². The number of hydrogen-bond donors (Lipinski definition) is 1. The molecule has 0 radical (unpaired) electrons. The van der Waals surface area contributed by atoms with Gasteiger partial charge in [0, 0.05) is 52.7 Å². The van der Waals surface area contributed by atoms with Gasteiger partial charge in [0.1, 0.15) is 17.4 Å². The Morgan fingerprint density at radius 2 is 1.94 bits per heavy atom. The molecule has 2 heterocycles. The highest BCUT2D eigenvalue weighted by atomic mass is 16.6. The first-order valence-corrected chi connectivity index (χ1v) is 12.0. The van der Waals surface area contributed by atoms with Crippen LogP contribution >= 0.6 is 0 Å². The minimum Gasteiger partial charge on any atom is -0.456 e. The molecule has 2 saturated heterocycles. The smallest absolute Gasteiger partial charge is 0.324 e. The molecule has 0 amide bonds. The Morgan fingerprint density at radius 1 is 1.19 bits per heavy atom. The second-order valence-electron chi connectivity index (χ2n) is 10.9. The van der Waals surface area contributed by atoms with E-state index in [1.807, 2.05) is 0 Å². The Morgan fingerprint density at radius 3 is 2.53 bits per heavy atom. The van der Waals surface area contributed by atoms with E-state index in [9.17, 15) is 14.7 Å². The number of likely N-dealkylation sites (N-methyl/N-ethyl adjacent to an activating group) is 1. The van der Waals surface area contributed by atoms with Crippen LogP contribution in [0.15, 0.2) is 0 Å². The monoisotopic (exact) mass is 451 g/mol. The van der Waals surface area contributed by atoms with Crippen molar-refractivity contribution in [1.29, 1.82) is 0 Å². The fourth-order valence-corrected chi connectivity index (χ4v) is 9.02. The van der Waals surface area contributed by atoms with Gasteiger partial charge >= 0.3 is 5.97 Å². The number of Topliss-reactive ketones (excluding diaryl/α,β-unsaturated/α-hetero) is 1. The summed E-state index contributed by atoms with van der Waals surface area (Å²) < 4.78 is 24.2. The van der Waals surface area contributed by atoms with Crippen LogP contribution in [-0.4, -0.2) is 92.7 Å². The Hall–Kier alpha value is -1.06. The minimum atomic E-state index is -1.08. The van der Waals surface area contributed by atoms with Gasteiger partial charge in [-0.05, 0) is 31.2 Å². The molecule has 0 aromatic heterocycles. The first kappa shape index (κ1) is 22.7. The zero-order valence-electron chi connectivity index (χ0n) is 19.8. The van der Waals surface area contributed by atoms with E-state index in [1.165, 1.54) is 0 Å². The van der Waals surface area contributed by atoms with E-state index >= 15 is 0 Å². The van der Waals surface area contributed by atoms with Crippen molar-refractivity contribution in [1.82, 2.24) is 4.90 Å². The minimum absolute atomic E-state index is 0.0210. The summed E-state index contributed by atoms with van der Waals surface area (Å²) in [5.41, 5.74) is -2.11. The molecular formula is C24H37NO7. The third-order valence-electron chi connectivity index (χ3n) is 10.0. The molecule has 0 aromatic rings. The van der Waals surface area contributed by atoms with E-state index in [0.29, 0.717) is 19.4 Å². The first-order valence-electron chi connectivity index (χ1n) is 12.0. The third kappa shape index (κ3) is 2.40. The molecule has 5 fully saturated rings. The van der Waals surface area contributed by atoms with Gasteiger partial charge in [-0.2, -0.15) is 0 Å². The van der Waals surface area contributed by atoms with E-state index in [-0.39, 0.29) is 53.9 Å². The number of aliphatic hydroxyl groups is 1. The lowest BCUT2D eigenvalue weighted by molar-refractivity contribution is -0.257. The van der Waals surface area contributed by atoms with Crippen molar-refractivity contribution in [3.8, 4) is 0 Å². The zero-order chi connectivity index (χ0) is 23.1. The summed E-state index contributed by atoms with van der Waals surface area (Å²) in [7, 11) is 4.94. The standard InChI is InChI=1S/C24H37NO7/c1-6-25-12-22(2)8-7-17(30-4)24(16(22)11-26)20(25)21(28)32-23(24)10-13-15(29-3)9-14(27)18(23)19(13)31-5/h13,15-20,26H,6-12H2,1-5H3/t13-,15+,16-,17+,18+,19+,20-,22+,23+,24+/m1/s1. The van der Waals surface area contributed by atoms with Crippen LogP contribution in [0.2, 0.25) is 0 Å². The van der Waals surface area contributed by atoms with Crippen LogP contribution in [0, 0.1) is 28.6 Å². The number of hydrogen-bond acceptors (Lipinski definition) is 8. The summed E-state index contributed by atoms with van der Waals surface area (Å²) in [4.78, 5) is 29.6. The Balaban J connectivity index is 1.78. The average Bonchev–Trinajstić information content (AvgIpc) is 3.18. The van der Waals surface area contributed by atoms with Crippen LogP contribution in [0.5, 0.6) is 0 Å². The number of methoxy groups -OCH3 is 3. The molecule has 2 aliphatic heterocycles. The number of esters is 1. The van der Waals surface area contributed by atoms with Gasteiger partial charge in [-0.3, -0.25) is 14.5 Å². The molecule has 8 nitrogen and oxygen atoms in total. The largest absolute Gasteiger partial charge is 0.456 e. The predicted octanol–water partition coefficient (Wildman–Crippen LogP) is 1.04. The van der Waals surface area contributed by atoms with Crippen molar-refractivity contribution in [3.63, 3.8) is 0 Å². The molecule has 4 bridgehead atoms. The molecule has 5 rings (SSSR count). The lowest BCUT2D eigenvalue weighted by Gasteiger charge is -2.66. The van der Waals surface area contributed by atoms with Crippen LogP contribution in [0.1, 0.15) is 39.5 Å². The molecule has 5 aliphatic rings. The van der Waals surface area contributed by atoms with Crippen molar-refractivity contribution in [2.45, 2.75) is 69.5 Å². The fourth-order valence-electron chi connectivity index (χ4n) is 9.02. The molecule has 8 heteroatoms. The Bertz CT molecular complexity index is 805. The number of carbonyl (C=O) groups excluding carboxylic acids is 2. The van der Waals surface area contributed by atoms with E-state index in [2.05, 4.69) is 18.7 Å². The van der Waals surface area contributed by atoms with Crippen molar-refractivity contribution >= 4 is 11.8 Å². The highest BCUT2D eigenvalue weighted by Crippen LogP contribution is 2.72. The highest BCUT2D eigenvalue weighted by molar-refractivity contribution is 5.89. The van der Waals surface area contributed by atoms with Crippen molar-refractivity contribution in [2.24, 2.45) is 28.6 Å². The molecule has 3 aliphatic carbocycles. The second-order valence-corrected chi connectivity index (χ2v) is 10.9. The summed E-state index contributed by atoms with van der Waals surface area (Å²) in [6.07, 6.45) is 1.49. The van der Waals surface area contributed by atoms with Crippen LogP contribution in [-0.2, 0) is 28.5 Å². The summed E-state index contributed by atoms with van der Waals surface area (Å²) in [5, 5.41) is 10.9. The molecule has 32 heavy (non-hydrogen) atoms. The van der Waals surface area contributed by atoms with Gasteiger partial charge in [0.05, 0.1) is 29.6 Å². The molecule has 2 spiro atoms. The molecule has 10 atom stereocenters. The number of ketones is 1. The van der Waals surface area contributed by atoms with Crippen molar-refractivity contribution < 1.29 is 33.6 Å². The van der Waals surface area contributed by atoms with Crippen molar-refractivity contribution in [3.05, 3.63) is 0 Å². The van der Waals surface area contributed by atoms with E-state index in [1.54, 1.807) is 21.3 Å². The van der Waals surface area contributed by atoms with Gasteiger partial charge in [-0.1, -0.05) is 13.8 Å². The maximum Gasteiger partial charge on any atom is 0.324 e. The average molecular weight is 452 g/mol. The molecule has 3 saturated carbocycles. The lowest BCUT2D eigenvalue weighted by atomic mass is 9.43. The van der Waals surface area contributed by atoms with Crippen LogP contribution < -0.4 is 0 Å². The second kappa shape index (κ2) is 7.47. The number of nitrogens with zero attached hydrogens (tertiary/aromatic N) is 1. The predicted molar refractivity (Wildman–Crippen MR) is 114 cm³/mol. The number of piperidine rings is 1. The topological polar surface area (TPSA) is 94.5 Å². The number of fused-ring (bicyclic) bond motifs is 4. The maximum atomic E-state index is 13.7. The van der Waals surface area contributed by atoms with Crippen LogP contribution in [0.25, 0.3) is 0 Å². The first-order chi connectivity index (χ1) is 15.3. The molecule has 0 aromatic carbocycles. The number of likely N-dealkylation sites (tertiary alicyclic amines) is 1. The van der Waals surface area contributed by atoms with Gasteiger partial charge in [0.2, 0.25) is 0 Å². The summed E-state index contributed by atoms with van der Waals surface area (Å²) >= 11 is 0. The van der Waals surface area contributed by atoms with E-state index < -0.39 is 23.0 Å². The van der Waals surface area contributed by atoms with Gasteiger partial charge in [0.15, 0.2) is 0 Å². The summed E-state index contributed by atoms with van der Waals surface area (Å²) in [6.45, 7) is 5.62. The molecule has 0 unspecified atom stereocenters. The van der Waals surface area contributed by atoms with Crippen molar-refractivity contribution in [2.75, 3.05) is 41.0 Å². The molecule has 180 valence electrons. The fraction of sp³-hybridized carbons (Fsp3) is 0.917. The normalized spacial score (nSPS) is 52.4. The number of carbonyl (C=O) groups is 2. The van der Waals surface area contributed by atoms with Crippen LogP contribution in [0.4, 0.5) is 0 Å². The quantitative estimate of drug-likeness (QED) is 0.620. The van der Waals surface area contributed by atoms with E-state index in [4.69, 9.17) is 18.9 Å². The zero-order valence-corrected chi connectivity index (χ0v) is 19.8. The highest BCUT2D eigenvalue weighted by Gasteiger charge is 2.84. The maximum absolute atomic E-state index is 13.7. The number of ether oxygens (including phenoxy) is 4. The van der Waals surface area contributed by atoms with Gasteiger partial charge < -0.3 is 24.1 Å². The van der Waals surface area contributed by atoms with E-state index in [0.717, 1.165) is 19.4 Å². The number of aliphatic hydroxyl groups excluding tert-OH is 1. The summed E-state index contributed by atoms with van der Waals surface area (Å²) in [5.74, 6) is -1.13. The van der Waals surface area contributed by atoms with Gasteiger partial charge in [-0.25, -0.2) is 0 Å². The SMILES string of the molecule is CCN1C[C@]2(C)CC[C@H](OC)[C@@]3([C@@H]2CO)[C@H]1C(=O)O[C@]31C[C@H]2[C@H](OC)[C@@H]1C(=O)C[C@@H]2OC.